The predicted octanol–water partition coefficient (Wildman–Crippen LogP) is -0.197. The molecule has 92 valence electrons. The van der Waals surface area contributed by atoms with Crippen LogP contribution in [0.2, 0.25) is 0 Å². The van der Waals surface area contributed by atoms with Crippen molar-refractivity contribution >= 4 is 23.6 Å². The Hall–Kier alpha value is -1.57. The van der Waals surface area contributed by atoms with Crippen LogP contribution in [0.15, 0.2) is 0 Å². The smallest absolute Gasteiger partial charge is 0.330 e. The summed E-state index contributed by atoms with van der Waals surface area (Å²) in [6.07, 6.45) is 0.419. The number of rotatable bonds is 3. The number of aromatic amines is 1. The highest BCUT2D eigenvalue weighted by Crippen LogP contribution is 2.28. The molecular weight excluding hydrogens is 244 g/mol. The molecule has 2 rings (SSSR count). The zero-order chi connectivity index (χ0) is 12.5. The van der Waals surface area contributed by atoms with Gasteiger partial charge < -0.3 is 10.4 Å². The molecular formula is C9H12N4O3S. The summed E-state index contributed by atoms with van der Waals surface area (Å²) in [5.41, 5.74) is -1.18. The summed E-state index contributed by atoms with van der Waals surface area (Å²) in [4.78, 5) is 26.9. The van der Waals surface area contributed by atoms with E-state index in [9.17, 15) is 14.7 Å². The molecule has 0 bridgehead atoms. The lowest BCUT2D eigenvalue weighted by atomic mass is 9.99. The third-order valence-electron chi connectivity index (χ3n) is 2.58. The van der Waals surface area contributed by atoms with Gasteiger partial charge in [0.25, 0.3) is 5.91 Å². The Morgan fingerprint density at radius 1 is 1.59 bits per heavy atom. The summed E-state index contributed by atoms with van der Waals surface area (Å²) in [6.45, 7) is 1.67. The van der Waals surface area contributed by atoms with Crippen molar-refractivity contribution in [3.63, 3.8) is 0 Å². The minimum atomic E-state index is -1.18. The number of carboxylic acid groups (broad SMARTS) is 1. The molecule has 1 amide bonds. The Morgan fingerprint density at radius 2 is 2.35 bits per heavy atom. The normalized spacial score (nSPS) is 23.6. The van der Waals surface area contributed by atoms with E-state index in [1.54, 1.807) is 6.92 Å². The van der Waals surface area contributed by atoms with E-state index in [0.717, 1.165) is 5.75 Å². The number of hydrogen-bond donors (Lipinski definition) is 3. The van der Waals surface area contributed by atoms with Gasteiger partial charge in [-0.3, -0.25) is 9.89 Å². The molecule has 0 aliphatic carbocycles. The molecule has 2 heterocycles. The predicted molar refractivity (Wildman–Crippen MR) is 60.9 cm³/mol. The molecule has 0 radical (unpaired) electrons. The lowest BCUT2D eigenvalue weighted by molar-refractivity contribution is -0.143. The summed E-state index contributed by atoms with van der Waals surface area (Å²) in [5.74, 6) is 0.0135. The number of carbonyl (C=O) groups is 2. The highest BCUT2D eigenvalue weighted by molar-refractivity contribution is 7.99. The maximum Gasteiger partial charge on any atom is 0.330 e. The lowest BCUT2D eigenvalue weighted by Crippen LogP contribution is -2.55. The molecule has 1 aliphatic heterocycles. The van der Waals surface area contributed by atoms with Crippen LogP contribution >= 0.6 is 11.8 Å². The van der Waals surface area contributed by atoms with Crippen LogP contribution in [0.4, 0.5) is 0 Å². The second-order valence-electron chi connectivity index (χ2n) is 3.89. The first kappa shape index (κ1) is 11.9. The molecule has 1 unspecified atom stereocenters. The molecule has 1 fully saturated rings. The van der Waals surface area contributed by atoms with Crippen molar-refractivity contribution in [2.24, 2.45) is 0 Å². The standard InChI is InChI=1S/C9H12N4O3S/c1-5-10-6(13-12-5)7(14)11-9(8(15)16)2-3-17-4-9/h2-4H2,1H3,(H,11,14)(H,15,16)(H,10,12,13). The molecule has 0 saturated carbocycles. The highest BCUT2D eigenvalue weighted by Gasteiger charge is 2.43. The number of nitrogens with one attached hydrogen (secondary N) is 2. The van der Waals surface area contributed by atoms with E-state index in [0.29, 0.717) is 18.0 Å². The summed E-state index contributed by atoms with van der Waals surface area (Å²) < 4.78 is 0. The third-order valence-corrected chi connectivity index (χ3v) is 3.77. The van der Waals surface area contributed by atoms with Crippen molar-refractivity contribution in [3.8, 4) is 0 Å². The van der Waals surface area contributed by atoms with Crippen molar-refractivity contribution in [1.82, 2.24) is 20.5 Å². The summed E-state index contributed by atoms with van der Waals surface area (Å²) in [5, 5.41) is 17.9. The number of nitrogens with zero attached hydrogens (tertiary/aromatic N) is 2. The van der Waals surface area contributed by atoms with E-state index in [2.05, 4.69) is 20.5 Å². The summed E-state index contributed by atoms with van der Waals surface area (Å²) in [7, 11) is 0. The van der Waals surface area contributed by atoms with Gasteiger partial charge in [0.05, 0.1) is 0 Å². The SMILES string of the molecule is Cc1nc(C(=O)NC2(C(=O)O)CCSC2)n[nH]1. The van der Waals surface area contributed by atoms with E-state index in [1.807, 2.05) is 0 Å². The fourth-order valence-corrected chi connectivity index (χ4v) is 2.93. The van der Waals surface area contributed by atoms with E-state index in [4.69, 9.17) is 0 Å². The van der Waals surface area contributed by atoms with Gasteiger partial charge in [-0.05, 0) is 19.1 Å². The molecule has 1 aromatic heterocycles. The number of aliphatic carboxylic acids is 1. The van der Waals surface area contributed by atoms with Gasteiger partial charge in [0.2, 0.25) is 5.82 Å². The minimum absolute atomic E-state index is 0.0278. The summed E-state index contributed by atoms with van der Waals surface area (Å²) in [6, 6.07) is 0. The topological polar surface area (TPSA) is 108 Å². The first-order valence-corrected chi connectivity index (χ1v) is 6.22. The molecule has 17 heavy (non-hydrogen) atoms. The largest absolute Gasteiger partial charge is 0.479 e. The zero-order valence-corrected chi connectivity index (χ0v) is 10.0. The van der Waals surface area contributed by atoms with E-state index < -0.39 is 17.4 Å². The fourth-order valence-electron chi connectivity index (χ4n) is 1.60. The molecule has 1 aliphatic rings. The Morgan fingerprint density at radius 3 is 2.82 bits per heavy atom. The van der Waals surface area contributed by atoms with Crippen LogP contribution in [0.25, 0.3) is 0 Å². The first-order valence-electron chi connectivity index (χ1n) is 5.06. The van der Waals surface area contributed by atoms with Crippen LogP contribution in [0.5, 0.6) is 0 Å². The lowest BCUT2D eigenvalue weighted by Gasteiger charge is -2.23. The maximum absolute atomic E-state index is 11.8. The van der Waals surface area contributed by atoms with Gasteiger partial charge in [-0.1, -0.05) is 0 Å². The second-order valence-corrected chi connectivity index (χ2v) is 4.99. The van der Waals surface area contributed by atoms with Gasteiger partial charge in [-0.25, -0.2) is 9.78 Å². The van der Waals surface area contributed by atoms with Gasteiger partial charge in [-0.15, -0.1) is 5.10 Å². The van der Waals surface area contributed by atoms with Crippen LogP contribution < -0.4 is 5.32 Å². The number of amides is 1. The molecule has 0 spiro atoms. The van der Waals surface area contributed by atoms with Gasteiger partial charge in [0, 0.05) is 5.75 Å². The number of hydrogen-bond acceptors (Lipinski definition) is 5. The van der Waals surface area contributed by atoms with E-state index in [1.165, 1.54) is 11.8 Å². The van der Waals surface area contributed by atoms with Crippen molar-refractivity contribution in [3.05, 3.63) is 11.6 Å². The fraction of sp³-hybridized carbons (Fsp3) is 0.556. The Bertz CT molecular complexity index is 453. The Kier molecular flexibility index (Phi) is 3.05. The second kappa shape index (κ2) is 4.36. The van der Waals surface area contributed by atoms with Crippen LogP contribution in [-0.2, 0) is 4.79 Å². The van der Waals surface area contributed by atoms with E-state index in [-0.39, 0.29) is 5.82 Å². The van der Waals surface area contributed by atoms with Crippen molar-refractivity contribution < 1.29 is 14.7 Å². The maximum atomic E-state index is 11.8. The molecule has 1 aromatic rings. The minimum Gasteiger partial charge on any atom is -0.479 e. The first-order chi connectivity index (χ1) is 8.03. The molecule has 3 N–H and O–H groups in total. The number of carboxylic acids is 1. The average Bonchev–Trinajstić information content (AvgIpc) is 2.87. The summed E-state index contributed by atoms with van der Waals surface area (Å²) >= 11 is 1.51. The molecule has 1 saturated heterocycles. The molecule has 7 nitrogen and oxygen atoms in total. The zero-order valence-electron chi connectivity index (χ0n) is 9.19. The number of aryl methyl sites for hydroxylation is 1. The number of carbonyl (C=O) groups excluding carboxylic acids is 1. The van der Waals surface area contributed by atoms with Crippen LogP contribution in [0.3, 0.4) is 0 Å². The Balaban J connectivity index is 2.14. The van der Waals surface area contributed by atoms with Gasteiger partial charge >= 0.3 is 5.97 Å². The quantitative estimate of drug-likeness (QED) is 0.691. The van der Waals surface area contributed by atoms with Crippen LogP contribution in [0.1, 0.15) is 22.9 Å². The van der Waals surface area contributed by atoms with E-state index >= 15 is 0 Å². The Labute approximate surface area is 101 Å². The van der Waals surface area contributed by atoms with Crippen LogP contribution in [0, 0.1) is 6.92 Å². The van der Waals surface area contributed by atoms with Crippen molar-refractivity contribution in [2.75, 3.05) is 11.5 Å². The van der Waals surface area contributed by atoms with Gasteiger partial charge in [0.1, 0.15) is 11.4 Å². The molecule has 1 atom stereocenters. The third kappa shape index (κ3) is 2.26. The van der Waals surface area contributed by atoms with Crippen molar-refractivity contribution in [2.45, 2.75) is 18.9 Å². The number of thioether (sulfide) groups is 1. The van der Waals surface area contributed by atoms with Gasteiger partial charge in [0.15, 0.2) is 0 Å². The molecule has 8 heteroatoms. The van der Waals surface area contributed by atoms with Crippen molar-refractivity contribution in [1.29, 1.82) is 0 Å². The average molecular weight is 256 g/mol. The molecule has 0 aromatic carbocycles. The monoisotopic (exact) mass is 256 g/mol. The number of H-pyrrole nitrogens is 1. The highest BCUT2D eigenvalue weighted by atomic mass is 32.2. The number of aromatic nitrogens is 3. The van der Waals surface area contributed by atoms with Gasteiger partial charge in [-0.2, -0.15) is 11.8 Å². The van der Waals surface area contributed by atoms with Crippen LogP contribution in [-0.4, -0.2) is 49.2 Å².